The number of carbonyl (C=O) groups is 1. The Balaban J connectivity index is 1.84. The number of anilines is 2. The van der Waals surface area contributed by atoms with Crippen LogP contribution in [0.4, 0.5) is 16.2 Å². The summed E-state index contributed by atoms with van der Waals surface area (Å²) in [4.78, 5) is 11.6. The lowest BCUT2D eigenvalue weighted by atomic mass is 10.3. The van der Waals surface area contributed by atoms with Crippen molar-refractivity contribution in [2.45, 2.75) is 0 Å². The van der Waals surface area contributed by atoms with Crippen molar-refractivity contribution >= 4 is 34.9 Å². The van der Waals surface area contributed by atoms with Gasteiger partial charge in [0.05, 0.1) is 0 Å². The van der Waals surface area contributed by atoms with Crippen LogP contribution in [0.1, 0.15) is 0 Å². The van der Waals surface area contributed by atoms with Gasteiger partial charge in [-0.2, -0.15) is 0 Å². The van der Waals surface area contributed by atoms with Crippen molar-refractivity contribution in [2.75, 3.05) is 10.6 Å². The summed E-state index contributed by atoms with van der Waals surface area (Å²) < 4.78 is 4.93. The van der Waals surface area contributed by atoms with Crippen LogP contribution in [0.5, 0.6) is 0 Å². The Morgan fingerprint density at radius 3 is 1.84 bits per heavy atom. The van der Waals surface area contributed by atoms with Crippen LogP contribution < -0.4 is 10.6 Å². The number of hydrogen-bond acceptors (Lipinski definition) is 3. The van der Waals surface area contributed by atoms with Crippen molar-refractivity contribution in [3.05, 3.63) is 60.7 Å². The van der Waals surface area contributed by atoms with Gasteiger partial charge in [-0.15, -0.1) is 0 Å². The summed E-state index contributed by atoms with van der Waals surface area (Å²) in [7, 11) is 0. The number of amides is 1. The number of carbonyl (C=O) groups excluding carboxylic acids is 1. The highest BCUT2D eigenvalue weighted by Crippen LogP contribution is 2.07. The Bertz CT molecular complexity index is 507. The number of ether oxygens (including phenoxy) is 1. The molecule has 0 radical (unpaired) electrons. The molecule has 2 aromatic carbocycles. The molecule has 0 fully saturated rings. The minimum Gasteiger partial charge on any atom is -0.382 e. The zero-order valence-electron chi connectivity index (χ0n) is 10.00. The second-order valence-electron chi connectivity index (χ2n) is 3.66. The largest absolute Gasteiger partial charge is 0.419 e. The first-order chi connectivity index (χ1) is 9.24. The Labute approximate surface area is 116 Å². The Morgan fingerprint density at radius 2 is 1.32 bits per heavy atom. The monoisotopic (exact) mass is 272 g/mol. The van der Waals surface area contributed by atoms with E-state index in [-0.39, 0.29) is 5.17 Å². The van der Waals surface area contributed by atoms with Gasteiger partial charge < -0.3 is 10.1 Å². The van der Waals surface area contributed by atoms with E-state index in [1.807, 2.05) is 48.5 Å². The molecular formula is C14H12N2O2S. The molecule has 0 aliphatic heterocycles. The number of benzene rings is 2. The highest BCUT2D eigenvalue weighted by atomic mass is 32.1. The quantitative estimate of drug-likeness (QED) is 0.820. The zero-order valence-corrected chi connectivity index (χ0v) is 10.8. The standard InChI is InChI=1S/C14H12N2O2S/c17-13(15-11-7-3-1-4-8-11)18-14(19)16-12-9-5-2-6-10-12/h1-10H,(H,15,17)(H,16,19). The van der Waals surface area contributed by atoms with Crippen LogP contribution in [0.25, 0.3) is 0 Å². The summed E-state index contributed by atoms with van der Waals surface area (Å²) in [6.45, 7) is 0. The number of nitrogens with one attached hydrogen (secondary N) is 2. The first-order valence-corrected chi connectivity index (χ1v) is 6.05. The molecule has 4 nitrogen and oxygen atoms in total. The maximum atomic E-state index is 11.6. The fourth-order valence-corrected chi connectivity index (χ4v) is 1.61. The van der Waals surface area contributed by atoms with Crippen LogP contribution in [0.3, 0.4) is 0 Å². The second-order valence-corrected chi connectivity index (χ2v) is 4.03. The Kier molecular flexibility index (Phi) is 4.47. The summed E-state index contributed by atoms with van der Waals surface area (Å²) >= 11 is 4.93. The zero-order chi connectivity index (χ0) is 13.5. The summed E-state index contributed by atoms with van der Waals surface area (Å²) in [5.41, 5.74) is 1.41. The first kappa shape index (κ1) is 13.0. The highest BCUT2D eigenvalue weighted by Gasteiger charge is 2.07. The van der Waals surface area contributed by atoms with Gasteiger partial charge in [0, 0.05) is 11.4 Å². The minimum absolute atomic E-state index is 0.000342. The third kappa shape index (κ3) is 4.40. The van der Waals surface area contributed by atoms with Gasteiger partial charge in [-0.25, -0.2) is 4.79 Å². The molecule has 19 heavy (non-hydrogen) atoms. The second kappa shape index (κ2) is 6.51. The summed E-state index contributed by atoms with van der Waals surface area (Å²) in [6, 6.07) is 18.3. The molecule has 0 heterocycles. The topological polar surface area (TPSA) is 50.4 Å². The van der Waals surface area contributed by atoms with Crippen molar-refractivity contribution < 1.29 is 9.53 Å². The lowest BCUT2D eigenvalue weighted by molar-refractivity contribution is 0.213. The maximum Gasteiger partial charge on any atom is 0.419 e. The van der Waals surface area contributed by atoms with Crippen molar-refractivity contribution in [1.82, 2.24) is 0 Å². The van der Waals surface area contributed by atoms with E-state index in [0.717, 1.165) is 5.69 Å². The third-order valence-corrected chi connectivity index (χ3v) is 2.41. The Morgan fingerprint density at radius 1 is 0.842 bits per heavy atom. The molecular weight excluding hydrogens is 260 g/mol. The van der Waals surface area contributed by atoms with Crippen LogP contribution in [0.2, 0.25) is 0 Å². The lowest BCUT2D eigenvalue weighted by Crippen LogP contribution is -2.22. The molecule has 0 saturated carbocycles. The van der Waals surface area contributed by atoms with Gasteiger partial charge in [-0.05, 0) is 36.5 Å². The number of thiocarbonyl (C=S) groups is 1. The van der Waals surface area contributed by atoms with Gasteiger partial charge in [-0.1, -0.05) is 36.4 Å². The average molecular weight is 272 g/mol. The molecule has 0 saturated heterocycles. The average Bonchev–Trinajstić information content (AvgIpc) is 2.40. The number of hydrogen-bond donors (Lipinski definition) is 2. The van der Waals surface area contributed by atoms with Crippen LogP contribution >= 0.6 is 12.2 Å². The third-order valence-electron chi connectivity index (χ3n) is 2.23. The number of para-hydroxylation sites is 2. The van der Waals surface area contributed by atoms with Gasteiger partial charge in [-0.3, -0.25) is 5.32 Å². The molecule has 2 aromatic rings. The molecule has 0 aliphatic carbocycles. The number of rotatable bonds is 2. The molecule has 1 amide bonds. The van der Waals surface area contributed by atoms with Crippen LogP contribution in [0.15, 0.2) is 60.7 Å². The molecule has 5 heteroatoms. The van der Waals surface area contributed by atoms with E-state index < -0.39 is 6.09 Å². The molecule has 0 aliphatic rings. The van der Waals surface area contributed by atoms with E-state index in [1.54, 1.807) is 12.1 Å². The molecule has 0 aromatic heterocycles. The maximum absolute atomic E-state index is 11.6. The molecule has 0 spiro atoms. The summed E-state index contributed by atoms with van der Waals surface area (Å²) in [6.07, 6.45) is -0.625. The van der Waals surface area contributed by atoms with Crippen molar-refractivity contribution in [3.63, 3.8) is 0 Å². The van der Waals surface area contributed by atoms with Crippen LogP contribution in [-0.2, 0) is 4.74 Å². The molecule has 2 rings (SSSR count). The van der Waals surface area contributed by atoms with Crippen molar-refractivity contribution in [3.8, 4) is 0 Å². The summed E-state index contributed by atoms with van der Waals surface area (Å²) in [5.74, 6) is 0. The van der Waals surface area contributed by atoms with E-state index in [4.69, 9.17) is 17.0 Å². The SMILES string of the molecule is O=C(Nc1ccccc1)OC(=S)Nc1ccccc1. The van der Waals surface area contributed by atoms with Gasteiger partial charge in [0.1, 0.15) is 0 Å². The molecule has 96 valence electrons. The summed E-state index contributed by atoms with van der Waals surface area (Å²) in [5, 5.41) is 5.38. The predicted octanol–water partition coefficient (Wildman–Crippen LogP) is 3.63. The van der Waals surface area contributed by atoms with E-state index >= 15 is 0 Å². The van der Waals surface area contributed by atoms with Gasteiger partial charge >= 0.3 is 6.09 Å². The van der Waals surface area contributed by atoms with E-state index in [1.165, 1.54) is 0 Å². The fraction of sp³-hybridized carbons (Fsp3) is 0. The smallest absolute Gasteiger partial charge is 0.382 e. The lowest BCUT2D eigenvalue weighted by Gasteiger charge is -2.09. The van der Waals surface area contributed by atoms with E-state index in [9.17, 15) is 4.79 Å². The van der Waals surface area contributed by atoms with Crippen molar-refractivity contribution in [1.29, 1.82) is 0 Å². The molecule has 0 bridgehead atoms. The van der Waals surface area contributed by atoms with Gasteiger partial charge in [0.2, 0.25) is 0 Å². The highest BCUT2D eigenvalue weighted by molar-refractivity contribution is 7.80. The first-order valence-electron chi connectivity index (χ1n) is 5.64. The molecule has 0 atom stereocenters. The van der Waals surface area contributed by atoms with E-state index in [0.29, 0.717) is 5.69 Å². The normalized spacial score (nSPS) is 9.47. The van der Waals surface area contributed by atoms with E-state index in [2.05, 4.69) is 10.6 Å². The Hall–Kier alpha value is -2.40. The van der Waals surface area contributed by atoms with Gasteiger partial charge in [0.15, 0.2) is 0 Å². The van der Waals surface area contributed by atoms with Crippen LogP contribution in [0, 0.1) is 0 Å². The minimum atomic E-state index is -0.625. The molecule has 2 N–H and O–H groups in total. The van der Waals surface area contributed by atoms with Gasteiger partial charge in [0.25, 0.3) is 5.17 Å². The predicted molar refractivity (Wildman–Crippen MR) is 79.2 cm³/mol. The van der Waals surface area contributed by atoms with Crippen LogP contribution in [-0.4, -0.2) is 11.3 Å². The van der Waals surface area contributed by atoms with Crippen molar-refractivity contribution in [2.24, 2.45) is 0 Å². The fourth-order valence-electron chi connectivity index (χ4n) is 1.41. The molecule has 0 unspecified atom stereocenters.